The third-order valence-electron chi connectivity index (χ3n) is 3.29. The smallest absolute Gasteiger partial charge is 0.183 e. The molecule has 0 fully saturated rings. The molecule has 0 saturated heterocycles. The largest absolute Gasteiger partial charge is 0.508 e. The summed E-state index contributed by atoms with van der Waals surface area (Å²) in [6.45, 7) is 4.02. The van der Waals surface area contributed by atoms with E-state index < -0.39 is 0 Å². The average Bonchev–Trinajstić information content (AvgIpc) is 2.87. The van der Waals surface area contributed by atoms with E-state index in [0.717, 1.165) is 5.69 Å². The molecule has 0 aliphatic rings. The molecule has 2 heterocycles. The molecule has 0 atom stereocenters. The molecule has 112 valence electrons. The Morgan fingerprint density at radius 2 is 1.77 bits per heavy atom. The monoisotopic (exact) mass is 296 g/mol. The van der Waals surface area contributed by atoms with Crippen LogP contribution < -0.4 is 0 Å². The lowest BCUT2D eigenvalue weighted by molar-refractivity contribution is 0.475. The summed E-state index contributed by atoms with van der Waals surface area (Å²) < 4.78 is 1.72. The van der Waals surface area contributed by atoms with E-state index in [1.807, 2.05) is 13.8 Å². The maximum Gasteiger partial charge on any atom is 0.183 e. The van der Waals surface area contributed by atoms with Gasteiger partial charge in [0.1, 0.15) is 5.75 Å². The van der Waals surface area contributed by atoms with Gasteiger partial charge in [-0.2, -0.15) is 0 Å². The van der Waals surface area contributed by atoms with E-state index in [2.05, 4.69) is 15.2 Å². The van der Waals surface area contributed by atoms with Crippen molar-refractivity contribution in [2.75, 3.05) is 0 Å². The standard InChI is InChI=1S/C16H16N4O2/c1-10(2)14-16(19-18-11-5-7-12(21)8-6-11)20-9-3-4-13(22)15(20)17-14/h3-10,21-22H,1-2H3. The van der Waals surface area contributed by atoms with Crippen molar-refractivity contribution in [3.05, 3.63) is 48.3 Å². The predicted octanol–water partition coefficient (Wildman–Crippen LogP) is 4.28. The van der Waals surface area contributed by atoms with Gasteiger partial charge >= 0.3 is 0 Å². The van der Waals surface area contributed by atoms with Crippen LogP contribution in [0.2, 0.25) is 0 Å². The van der Waals surface area contributed by atoms with Gasteiger partial charge in [0, 0.05) is 6.20 Å². The number of phenols is 1. The number of imidazole rings is 1. The first kappa shape index (κ1) is 14.1. The highest BCUT2D eigenvalue weighted by Gasteiger charge is 2.16. The zero-order valence-corrected chi connectivity index (χ0v) is 12.3. The number of rotatable bonds is 3. The molecule has 1 aromatic carbocycles. The lowest BCUT2D eigenvalue weighted by atomic mass is 10.1. The SMILES string of the molecule is CC(C)c1nc2c(O)cccn2c1N=Nc1ccc(O)cc1. The maximum atomic E-state index is 9.92. The summed E-state index contributed by atoms with van der Waals surface area (Å²) in [6, 6.07) is 9.78. The van der Waals surface area contributed by atoms with Crippen LogP contribution in [0.25, 0.3) is 5.65 Å². The number of aromatic nitrogens is 2. The maximum absolute atomic E-state index is 9.92. The van der Waals surface area contributed by atoms with E-state index in [4.69, 9.17) is 0 Å². The highest BCUT2D eigenvalue weighted by molar-refractivity contribution is 5.60. The molecule has 0 unspecified atom stereocenters. The topological polar surface area (TPSA) is 82.5 Å². The summed E-state index contributed by atoms with van der Waals surface area (Å²) in [5, 5.41) is 27.7. The van der Waals surface area contributed by atoms with Crippen molar-refractivity contribution in [1.29, 1.82) is 0 Å². The van der Waals surface area contributed by atoms with Crippen molar-refractivity contribution in [1.82, 2.24) is 9.38 Å². The zero-order valence-electron chi connectivity index (χ0n) is 12.3. The van der Waals surface area contributed by atoms with Crippen molar-refractivity contribution < 1.29 is 10.2 Å². The number of hydrogen-bond acceptors (Lipinski definition) is 5. The third kappa shape index (κ3) is 2.50. The summed E-state index contributed by atoms with van der Waals surface area (Å²) in [5.74, 6) is 1.03. The second kappa shape index (κ2) is 5.48. The van der Waals surface area contributed by atoms with Gasteiger partial charge in [0.25, 0.3) is 0 Å². The minimum atomic E-state index is 0.107. The Morgan fingerprint density at radius 3 is 2.45 bits per heavy atom. The van der Waals surface area contributed by atoms with Crippen LogP contribution in [-0.2, 0) is 0 Å². The van der Waals surface area contributed by atoms with E-state index >= 15 is 0 Å². The van der Waals surface area contributed by atoms with E-state index in [-0.39, 0.29) is 17.4 Å². The Balaban J connectivity index is 2.10. The van der Waals surface area contributed by atoms with Crippen molar-refractivity contribution in [2.45, 2.75) is 19.8 Å². The number of nitrogens with zero attached hydrogens (tertiary/aromatic N) is 4. The Labute approximate surface area is 127 Å². The van der Waals surface area contributed by atoms with Gasteiger partial charge in [0.2, 0.25) is 0 Å². The van der Waals surface area contributed by atoms with Gasteiger partial charge in [-0.15, -0.1) is 10.2 Å². The van der Waals surface area contributed by atoms with E-state index in [9.17, 15) is 10.2 Å². The molecule has 0 aliphatic carbocycles. The molecule has 2 aromatic heterocycles. The third-order valence-corrected chi connectivity index (χ3v) is 3.29. The van der Waals surface area contributed by atoms with Crippen LogP contribution in [0, 0.1) is 0 Å². The summed E-state index contributed by atoms with van der Waals surface area (Å²) in [4.78, 5) is 4.46. The molecule has 0 radical (unpaired) electrons. The number of aromatic hydroxyl groups is 2. The van der Waals surface area contributed by atoms with Crippen molar-refractivity contribution >= 4 is 17.2 Å². The van der Waals surface area contributed by atoms with E-state index in [1.54, 1.807) is 47.0 Å². The molecule has 0 aliphatic heterocycles. The fourth-order valence-corrected chi connectivity index (χ4v) is 2.17. The number of pyridine rings is 1. The van der Waals surface area contributed by atoms with Crippen LogP contribution in [0.1, 0.15) is 25.5 Å². The number of fused-ring (bicyclic) bond motifs is 1. The number of hydrogen-bond donors (Lipinski definition) is 2. The Kier molecular flexibility index (Phi) is 3.50. The van der Waals surface area contributed by atoms with Crippen LogP contribution >= 0.6 is 0 Å². The second-order valence-electron chi connectivity index (χ2n) is 5.28. The van der Waals surface area contributed by atoms with Gasteiger partial charge in [-0.05, 0) is 42.3 Å². The first-order chi connectivity index (χ1) is 10.6. The highest BCUT2D eigenvalue weighted by atomic mass is 16.3. The predicted molar refractivity (Wildman–Crippen MR) is 83.2 cm³/mol. The van der Waals surface area contributed by atoms with Crippen LogP contribution in [-0.4, -0.2) is 19.6 Å². The molecular formula is C16H16N4O2. The first-order valence-electron chi connectivity index (χ1n) is 6.97. The lowest BCUT2D eigenvalue weighted by Gasteiger charge is -2.01. The lowest BCUT2D eigenvalue weighted by Crippen LogP contribution is -1.87. The molecule has 0 bridgehead atoms. The van der Waals surface area contributed by atoms with Gasteiger partial charge in [0.05, 0.1) is 11.4 Å². The fourth-order valence-electron chi connectivity index (χ4n) is 2.17. The van der Waals surface area contributed by atoms with Crippen molar-refractivity contribution in [3.8, 4) is 11.5 Å². The Morgan fingerprint density at radius 1 is 1.05 bits per heavy atom. The molecular weight excluding hydrogens is 280 g/mol. The summed E-state index contributed by atoms with van der Waals surface area (Å²) in [7, 11) is 0. The fraction of sp³-hybridized carbons (Fsp3) is 0.188. The minimum absolute atomic E-state index is 0.107. The molecule has 6 heteroatoms. The number of azo groups is 1. The Hall–Kier alpha value is -2.89. The van der Waals surface area contributed by atoms with Gasteiger partial charge in [-0.1, -0.05) is 13.8 Å². The molecule has 6 nitrogen and oxygen atoms in total. The molecule has 0 saturated carbocycles. The quantitative estimate of drug-likeness (QED) is 0.707. The minimum Gasteiger partial charge on any atom is -0.508 e. The summed E-state index contributed by atoms with van der Waals surface area (Å²) >= 11 is 0. The van der Waals surface area contributed by atoms with Gasteiger partial charge in [-0.25, -0.2) is 4.98 Å². The molecule has 3 rings (SSSR count). The molecule has 0 spiro atoms. The van der Waals surface area contributed by atoms with Crippen LogP contribution in [0.3, 0.4) is 0 Å². The highest BCUT2D eigenvalue weighted by Crippen LogP contribution is 2.32. The molecule has 3 aromatic rings. The zero-order chi connectivity index (χ0) is 15.7. The van der Waals surface area contributed by atoms with Crippen molar-refractivity contribution in [3.63, 3.8) is 0 Å². The van der Waals surface area contributed by atoms with E-state index in [0.29, 0.717) is 17.2 Å². The van der Waals surface area contributed by atoms with Gasteiger partial charge < -0.3 is 10.2 Å². The van der Waals surface area contributed by atoms with E-state index in [1.165, 1.54) is 0 Å². The van der Waals surface area contributed by atoms with Crippen LogP contribution in [0.15, 0.2) is 52.8 Å². The normalized spacial score (nSPS) is 11.8. The summed E-state index contributed by atoms with van der Waals surface area (Å²) in [6.07, 6.45) is 1.79. The number of phenolic OH excluding ortho intramolecular Hbond substituents is 1. The van der Waals surface area contributed by atoms with Crippen LogP contribution in [0.4, 0.5) is 11.5 Å². The number of benzene rings is 1. The van der Waals surface area contributed by atoms with Gasteiger partial charge in [0.15, 0.2) is 17.2 Å². The molecule has 2 N–H and O–H groups in total. The summed E-state index contributed by atoms with van der Waals surface area (Å²) in [5.41, 5.74) is 1.86. The van der Waals surface area contributed by atoms with Gasteiger partial charge in [-0.3, -0.25) is 4.40 Å². The van der Waals surface area contributed by atoms with Crippen molar-refractivity contribution in [2.24, 2.45) is 10.2 Å². The Bertz CT molecular complexity index is 835. The molecule has 22 heavy (non-hydrogen) atoms. The molecule has 0 amide bonds. The van der Waals surface area contributed by atoms with Crippen LogP contribution in [0.5, 0.6) is 11.5 Å². The average molecular weight is 296 g/mol. The second-order valence-corrected chi connectivity index (χ2v) is 5.28. The first-order valence-corrected chi connectivity index (χ1v) is 6.97.